The van der Waals surface area contributed by atoms with E-state index in [4.69, 9.17) is 0 Å². The number of carbonyl (C=O) groups is 2. The molecule has 3 rings (SSSR count). The third-order valence-electron chi connectivity index (χ3n) is 5.81. The Bertz CT molecular complexity index is 1070. The summed E-state index contributed by atoms with van der Waals surface area (Å²) in [6.45, 7) is 9.35. The van der Waals surface area contributed by atoms with Crippen molar-refractivity contribution in [3.05, 3.63) is 65.2 Å². The van der Waals surface area contributed by atoms with Gasteiger partial charge in [0.2, 0.25) is 15.9 Å². The van der Waals surface area contributed by atoms with Crippen LogP contribution in [0.15, 0.2) is 53.4 Å². The summed E-state index contributed by atoms with van der Waals surface area (Å²) in [4.78, 5) is 29.6. The Morgan fingerprint density at radius 1 is 0.848 bits per heavy atom. The number of rotatable bonds is 7. The van der Waals surface area contributed by atoms with E-state index in [0.29, 0.717) is 38.2 Å². The minimum absolute atomic E-state index is 0.0547. The number of sulfonamides is 1. The molecule has 0 saturated carbocycles. The number of aryl methyl sites for hydroxylation is 2. The van der Waals surface area contributed by atoms with Crippen LogP contribution in [0, 0.1) is 19.8 Å². The Labute approximate surface area is 196 Å². The van der Waals surface area contributed by atoms with E-state index in [1.807, 2.05) is 52.0 Å². The molecule has 1 aliphatic rings. The number of piperazine rings is 1. The molecule has 1 N–H and O–H groups in total. The SMILES string of the molecule is Cc1ccc(C(=O)N2CCN(C(=O)C(CC(C)C)NS(=O)(=O)c3ccc(C)cc3)CC2)cc1. The standard InChI is InChI=1S/C25H33N3O4S/c1-18(2)17-23(26-33(31,32)22-11-7-20(4)8-12-22)25(30)28-15-13-27(14-16-28)24(29)21-9-5-19(3)6-10-21/h5-12,18,23,26H,13-17H2,1-4H3. The second-order valence-electron chi connectivity index (χ2n) is 9.10. The van der Waals surface area contributed by atoms with Crippen molar-refractivity contribution in [2.24, 2.45) is 5.92 Å². The van der Waals surface area contributed by atoms with Crippen molar-refractivity contribution in [1.29, 1.82) is 0 Å². The van der Waals surface area contributed by atoms with Crippen molar-refractivity contribution in [3.8, 4) is 0 Å². The third kappa shape index (κ3) is 6.42. The maximum Gasteiger partial charge on any atom is 0.253 e. The van der Waals surface area contributed by atoms with Crippen LogP contribution in [0.3, 0.4) is 0 Å². The van der Waals surface area contributed by atoms with Crippen LogP contribution in [0.25, 0.3) is 0 Å². The first-order valence-electron chi connectivity index (χ1n) is 11.3. The summed E-state index contributed by atoms with van der Waals surface area (Å²) in [6, 6.07) is 13.1. The largest absolute Gasteiger partial charge is 0.338 e. The molecule has 0 bridgehead atoms. The first-order chi connectivity index (χ1) is 15.6. The topological polar surface area (TPSA) is 86.8 Å². The monoisotopic (exact) mass is 471 g/mol. The molecule has 1 atom stereocenters. The van der Waals surface area contributed by atoms with E-state index >= 15 is 0 Å². The molecular formula is C25H33N3O4S. The zero-order valence-corrected chi connectivity index (χ0v) is 20.6. The van der Waals surface area contributed by atoms with E-state index in [9.17, 15) is 18.0 Å². The molecule has 2 aromatic rings. The highest BCUT2D eigenvalue weighted by atomic mass is 32.2. The van der Waals surface area contributed by atoms with Gasteiger partial charge < -0.3 is 9.80 Å². The Kier molecular flexibility index (Phi) is 7.92. The minimum atomic E-state index is -3.83. The van der Waals surface area contributed by atoms with Gasteiger partial charge in [0.25, 0.3) is 5.91 Å². The van der Waals surface area contributed by atoms with E-state index in [2.05, 4.69) is 4.72 Å². The van der Waals surface area contributed by atoms with Gasteiger partial charge in [-0.05, 0) is 50.5 Å². The predicted molar refractivity (Wildman–Crippen MR) is 128 cm³/mol. The van der Waals surface area contributed by atoms with Crippen LogP contribution in [0.5, 0.6) is 0 Å². The molecule has 0 aliphatic carbocycles. The molecule has 8 heteroatoms. The minimum Gasteiger partial charge on any atom is -0.338 e. The van der Waals surface area contributed by atoms with Crippen molar-refractivity contribution < 1.29 is 18.0 Å². The van der Waals surface area contributed by atoms with Gasteiger partial charge in [0, 0.05) is 31.7 Å². The first-order valence-corrected chi connectivity index (χ1v) is 12.8. The average Bonchev–Trinajstić information content (AvgIpc) is 2.78. The summed E-state index contributed by atoms with van der Waals surface area (Å²) in [7, 11) is -3.83. The normalized spacial score (nSPS) is 15.5. The summed E-state index contributed by atoms with van der Waals surface area (Å²) in [5.41, 5.74) is 2.68. The number of hydrogen-bond donors (Lipinski definition) is 1. The van der Waals surface area contributed by atoms with Crippen molar-refractivity contribution in [2.75, 3.05) is 26.2 Å². The number of hydrogen-bond acceptors (Lipinski definition) is 4. The maximum atomic E-state index is 13.3. The summed E-state index contributed by atoms with van der Waals surface area (Å²) >= 11 is 0. The number of nitrogens with zero attached hydrogens (tertiary/aromatic N) is 2. The lowest BCUT2D eigenvalue weighted by Crippen LogP contribution is -2.56. The lowest BCUT2D eigenvalue weighted by molar-refractivity contribution is -0.134. The molecule has 178 valence electrons. The number of benzene rings is 2. The van der Waals surface area contributed by atoms with Gasteiger partial charge in [-0.3, -0.25) is 9.59 Å². The second-order valence-corrected chi connectivity index (χ2v) is 10.8. The fourth-order valence-electron chi connectivity index (χ4n) is 3.87. The highest BCUT2D eigenvalue weighted by Gasteiger charge is 2.32. The highest BCUT2D eigenvalue weighted by Crippen LogP contribution is 2.17. The zero-order chi connectivity index (χ0) is 24.2. The van der Waals surface area contributed by atoms with Crippen LogP contribution < -0.4 is 4.72 Å². The lowest BCUT2D eigenvalue weighted by Gasteiger charge is -2.36. The van der Waals surface area contributed by atoms with Crippen LogP contribution in [-0.4, -0.2) is 62.3 Å². The van der Waals surface area contributed by atoms with E-state index in [-0.39, 0.29) is 22.6 Å². The zero-order valence-electron chi connectivity index (χ0n) is 19.7. The lowest BCUT2D eigenvalue weighted by atomic mass is 10.0. The molecule has 1 saturated heterocycles. The quantitative estimate of drug-likeness (QED) is 0.673. The predicted octanol–water partition coefficient (Wildman–Crippen LogP) is 2.98. The summed E-state index contributed by atoms with van der Waals surface area (Å²) in [5, 5.41) is 0. The molecule has 1 unspecified atom stereocenters. The fraction of sp³-hybridized carbons (Fsp3) is 0.440. The van der Waals surface area contributed by atoms with Crippen molar-refractivity contribution in [2.45, 2.75) is 45.1 Å². The van der Waals surface area contributed by atoms with Crippen molar-refractivity contribution in [3.63, 3.8) is 0 Å². The van der Waals surface area contributed by atoms with Crippen molar-refractivity contribution >= 4 is 21.8 Å². The molecule has 1 heterocycles. The van der Waals surface area contributed by atoms with Crippen LogP contribution in [0.1, 0.15) is 41.8 Å². The van der Waals surface area contributed by atoms with E-state index in [0.717, 1.165) is 11.1 Å². The maximum absolute atomic E-state index is 13.3. The Balaban J connectivity index is 1.67. The smallest absolute Gasteiger partial charge is 0.253 e. The van der Waals surface area contributed by atoms with Gasteiger partial charge in [-0.15, -0.1) is 0 Å². The van der Waals surface area contributed by atoms with Gasteiger partial charge in [-0.1, -0.05) is 49.2 Å². The molecule has 0 radical (unpaired) electrons. The first kappa shape index (κ1) is 24.9. The van der Waals surface area contributed by atoms with Gasteiger partial charge in [0.1, 0.15) is 6.04 Å². The molecule has 0 spiro atoms. The molecule has 2 aromatic carbocycles. The van der Waals surface area contributed by atoms with E-state index < -0.39 is 16.1 Å². The third-order valence-corrected chi connectivity index (χ3v) is 7.30. The van der Waals surface area contributed by atoms with E-state index in [1.165, 1.54) is 0 Å². The Hall–Kier alpha value is -2.71. The van der Waals surface area contributed by atoms with Gasteiger partial charge in [-0.25, -0.2) is 8.42 Å². The number of carbonyl (C=O) groups excluding carboxylic acids is 2. The highest BCUT2D eigenvalue weighted by molar-refractivity contribution is 7.89. The summed E-state index contributed by atoms with van der Waals surface area (Å²) < 4.78 is 28.4. The summed E-state index contributed by atoms with van der Waals surface area (Å²) in [5.74, 6) is -0.174. The molecule has 33 heavy (non-hydrogen) atoms. The molecule has 7 nitrogen and oxygen atoms in total. The van der Waals surface area contributed by atoms with E-state index in [1.54, 1.807) is 34.1 Å². The van der Waals surface area contributed by atoms with Crippen molar-refractivity contribution in [1.82, 2.24) is 14.5 Å². The van der Waals surface area contributed by atoms with Crippen LogP contribution >= 0.6 is 0 Å². The Morgan fingerprint density at radius 2 is 1.33 bits per heavy atom. The van der Waals surface area contributed by atoms with Gasteiger partial charge in [-0.2, -0.15) is 4.72 Å². The molecule has 1 aliphatic heterocycles. The number of amides is 2. The van der Waals surface area contributed by atoms with Gasteiger partial charge >= 0.3 is 0 Å². The molecule has 0 aromatic heterocycles. The van der Waals surface area contributed by atoms with Crippen LogP contribution in [-0.2, 0) is 14.8 Å². The molecular weight excluding hydrogens is 438 g/mol. The Morgan fingerprint density at radius 3 is 1.85 bits per heavy atom. The van der Waals surface area contributed by atoms with Crippen LogP contribution in [0.4, 0.5) is 0 Å². The molecule has 2 amide bonds. The number of nitrogens with one attached hydrogen (secondary N) is 1. The summed E-state index contributed by atoms with van der Waals surface area (Å²) in [6.07, 6.45) is 0.395. The van der Waals surface area contributed by atoms with Gasteiger partial charge in [0.15, 0.2) is 0 Å². The fourth-order valence-corrected chi connectivity index (χ4v) is 5.07. The average molecular weight is 472 g/mol. The second kappa shape index (κ2) is 10.5. The van der Waals surface area contributed by atoms with Gasteiger partial charge in [0.05, 0.1) is 4.90 Å². The van der Waals surface area contributed by atoms with Crippen LogP contribution in [0.2, 0.25) is 0 Å². The molecule has 1 fully saturated rings.